The van der Waals surface area contributed by atoms with E-state index < -0.39 is 18.5 Å². The van der Waals surface area contributed by atoms with Gasteiger partial charge < -0.3 is 39.7 Å². The molecule has 0 saturated carbocycles. The van der Waals surface area contributed by atoms with Crippen LogP contribution in [0.1, 0.15) is 49.7 Å². The number of aromatic hydroxyl groups is 1. The molecule has 0 bridgehead atoms. The summed E-state index contributed by atoms with van der Waals surface area (Å²) in [5.74, 6) is -0.202. The minimum Gasteiger partial charge on any atom is -0.506 e. The molecule has 0 aromatic heterocycles. The number of methoxy groups -OCH3 is 1. The number of hydrogen-bond donors (Lipinski definition) is 3. The summed E-state index contributed by atoms with van der Waals surface area (Å²) in [7, 11) is 1.52. The number of aliphatic hydroxyl groups is 1. The number of ether oxygens (including phenoxy) is 2. The number of amides is 4. The number of hydrogen-bond acceptors (Lipinski definition) is 8. The maximum Gasteiger partial charge on any atom is 0.410 e. The Hall–Kier alpha value is -2.91. The van der Waals surface area contributed by atoms with E-state index in [2.05, 4.69) is 42.1 Å². The lowest BCUT2D eigenvalue weighted by molar-refractivity contribution is -0.144. The molecule has 4 aliphatic heterocycles. The number of nitrogens with zero attached hydrogens (tertiary/aromatic N) is 4. The van der Waals surface area contributed by atoms with Crippen LogP contribution in [0.2, 0.25) is 0 Å². The van der Waals surface area contributed by atoms with Crippen LogP contribution in [-0.2, 0) is 27.1 Å². The van der Waals surface area contributed by atoms with Gasteiger partial charge in [-0.2, -0.15) is 0 Å². The number of anilines is 1. The highest BCUT2D eigenvalue weighted by Gasteiger charge is 2.39. The van der Waals surface area contributed by atoms with E-state index in [1.807, 2.05) is 29.2 Å². The number of carbonyl (C=O) groups excluding carboxylic acids is 3. The lowest BCUT2D eigenvalue weighted by Crippen LogP contribution is -2.54. The number of aliphatic hydroxyl groups excluding tert-OH is 1. The second-order valence-electron chi connectivity index (χ2n) is 13.4. The summed E-state index contributed by atoms with van der Waals surface area (Å²) in [6.45, 7) is 3.34. The number of halogens is 2. The minimum absolute atomic E-state index is 0.0102. The van der Waals surface area contributed by atoms with Crippen molar-refractivity contribution >= 4 is 55.6 Å². The maximum absolute atomic E-state index is 14.1. The molecule has 6 rings (SSSR count). The van der Waals surface area contributed by atoms with E-state index in [1.54, 1.807) is 21.9 Å². The van der Waals surface area contributed by atoms with Gasteiger partial charge in [-0.1, -0.05) is 18.2 Å². The molecule has 4 heterocycles. The molecule has 0 radical (unpaired) electrons. The Labute approximate surface area is 303 Å². The monoisotopic (exact) mass is 805 g/mol. The van der Waals surface area contributed by atoms with Crippen LogP contribution in [0.25, 0.3) is 0 Å². The molecule has 4 amide bonds. The van der Waals surface area contributed by atoms with E-state index >= 15 is 0 Å². The predicted molar refractivity (Wildman–Crippen MR) is 190 cm³/mol. The smallest absolute Gasteiger partial charge is 0.410 e. The summed E-state index contributed by atoms with van der Waals surface area (Å²) in [4.78, 5) is 48.4. The average Bonchev–Trinajstić information content (AvgIpc) is 3.54. The third kappa shape index (κ3) is 8.19. The van der Waals surface area contributed by atoms with E-state index in [4.69, 9.17) is 9.47 Å². The fraction of sp³-hybridized carbons (Fsp3) is 0.571. The second-order valence-corrected chi connectivity index (χ2v) is 15.1. The van der Waals surface area contributed by atoms with Crippen LogP contribution in [0.4, 0.5) is 15.3 Å². The molecule has 1 unspecified atom stereocenters. The molecule has 0 spiro atoms. The number of para-hydroxylation sites is 1. The second kappa shape index (κ2) is 16.0. The van der Waals surface area contributed by atoms with Crippen LogP contribution in [0.15, 0.2) is 45.3 Å². The van der Waals surface area contributed by atoms with E-state index in [9.17, 15) is 24.6 Å². The van der Waals surface area contributed by atoms with Crippen LogP contribution in [0, 0.1) is 0 Å². The SMILES string of the molecule is COC(O)[C@@H]1CCCN1C1CCN(C(=O)[C@@H](Cc2cc(Br)c(O)c(Br)c2)OC(=O)N2CCC(N3CCc4ccccc4NC3=O)CC2)CC1. The number of likely N-dealkylation sites (tertiary alicyclic amines) is 3. The maximum atomic E-state index is 14.1. The lowest BCUT2D eigenvalue weighted by atomic mass is 10.00. The molecule has 3 N–H and O–H groups in total. The molecule has 12 nitrogen and oxygen atoms in total. The molecule has 0 aliphatic carbocycles. The molecule has 49 heavy (non-hydrogen) atoms. The Morgan fingerprint density at radius 2 is 1.59 bits per heavy atom. The zero-order valence-corrected chi connectivity index (χ0v) is 30.9. The third-order valence-electron chi connectivity index (χ3n) is 10.5. The van der Waals surface area contributed by atoms with Gasteiger partial charge in [-0.15, -0.1) is 0 Å². The van der Waals surface area contributed by atoms with Crippen molar-refractivity contribution in [2.24, 2.45) is 0 Å². The van der Waals surface area contributed by atoms with E-state index in [0.29, 0.717) is 54.5 Å². The van der Waals surface area contributed by atoms with Crippen molar-refractivity contribution in [1.82, 2.24) is 19.6 Å². The lowest BCUT2D eigenvalue weighted by Gasteiger charge is -2.41. The van der Waals surface area contributed by atoms with Crippen LogP contribution in [-0.4, -0.2) is 125 Å². The van der Waals surface area contributed by atoms with Gasteiger partial charge in [0.05, 0.1) is 15.0 Å². The summed E-state index contributed by atoms with van der Waals surface area (Å²) in [6.07, 6.45) is 3.04. The standard InChI is InChI=1S/C35H45Br2N5O7/c1-48-33(45)29-7-4-13-41(29)24-9-14-39(15-10-24)32(44)30(21-22-19-26(36)31(43)27(37)20-22)49-35(47)40-16-11-25(12-17-40)42-18-8-23-5-2-3-6-28(23)38-34(42)46/h2-3,5-6,19-20,24-25,29-30,33,43,45H,4,7-18,21H2,1H3,(H,38,46)/t29-,30+,33?/m0/s1. The number of benzene rings is 2. The Bertz CT molecular complexity index is 1490. The van der Waals surface area contributed by atoms with E-state index in [1.165, 1.54) is 7.11 Å². The van der Waals surface area contributed by atoms with E-state index in [-0.39, 0.29) is 42.2 Å². The highest BCUT2D eigenvalue weighted by molar-refractivity contribution is 9.11. The summed E-state index contributed by atoms with van der Waals surface area (Å²) in [5.41, 5.74) is 2.67. The summed E-state index contributed by atoms with van der Waals surface area (Å²) in [6, 6.07) is 11.3. The van der Waals surface area contributed by atoms with Gasteiger partial charge in [0.25, 0.3) is 5.91 Å². The highest BCUT2D eigenvalue weighted by atomic mass is 79.9. The summed E-state index contributed by atoms with van der Waals surface area (Å²) >= 11 is 6.75. The van der Waals surface area contributed by atoms with Crippen molar-refractivity contribution < 1.29 is 34.1 Å². The number of phenolic OH excluding ortho intramolecular Hbond substituents is 1. The van der Waals surface area contributed by atoms with Gasteiger partial charge in [-0.05, 0) is 113 Å². The minimum atomic E-state index is -1.06. The summed E-state index contributed by atoms with van der Waals surface area (Å²) < 4.78 is 12.2. The fourth-order valence-corrected chi connectivity index (χ4v) is 9.06. The number of urea groups is 1. The van der Waals surface area contributed by atoms with Crippen molar-refractivity contribution in [3.63, 3.8) is 0 Å². The summed E-state index contributed by atoms with van der Waals surface area (Å²) in [5, 5.41) is 23.7. The number of phenols is 1. The zero-order valence-electron chi connectivity index (χ0n) is 27.7. The Kier molecular flexibility index (Phi) is 11.7. The van der Waals surface area contributed by atoms with Crippen LogP contribution in [0.3, 0.4) is 0 Å². The van der Waals surface area contributed by atoms with Gasteiger partial charge in [-0.3, -0.25) is 9.69 Å². The molecule has 2 aromatic carbocycles. The fourth-order valence-electron chi connectivity index (χ4n) is 7.78. The number of fused-ring (bicyclic) bond motifs is 1. The van der Waals surface area contributed by atoms with Gasteiger partial charge >= 0.3 is 12.1 Å². The van der Waals surface area contributed by atoms with Crippen molar-refractivity contribution in [2.75, 3.05) is 51.7 Å². The van der Waals surface area contributed by atoms with Gasteiger partial charge in [0, 0.05) is 64.0 Å². The zero-order chi connectivity index (χ0) is 34.7. The quantitative estimate of drug-likeness (QED) is 0.320. The van der Waals surface area contributed by atoms with E-state index in [0.717, 1.165) is 55.5 Å². The first-order valence-electron chi connectivity index (χ1n) is 17.2. The first-order chi connectivity index (χ1) is 23.6. The Morgan fingerprint density at radius 3 is 2.29 bits per heavy atom. The molecular weight excluding hydrogens is 762 g/mol. The first-order valence-corrected chi connectivity index (χ1v) is 18.7. The average molecular weight is 808 g/mol. The highest BCUT2D eigenvalue weighted by Crippen LogP contribution is 2.34. The van der Waals surface area contributed by atoms with Gasteiger partial charge in [0.15, 0.2) is 12.4 Å². The predicted octanol–water partition coefficient (Wildman–Crippen LogP) is 4.94. The molecule has 266 valence electrons. The van der Waals surface area contributed by atoms with Gasteiger partial charge in [-0.25, -0.2) is 9.59 Å². The van der Waals surface area contributed by atoms with Crippen molar-refractivity contribution in [1.29, 1.82) is 0 Å². The molecule has 3 saturated heterocycles. The number of rotatable bonds is 8. The van der Waals surface area contributed by atoms with Crippen molar-refractivity contribution in [2.45, 2.75) is 81.9 Å². The first kappa shape index (κ1) is 35.9. The molecular formula is C35H45Br2N5O7. The van der Waals surface area contributed by atoms with Crippen LogP contribution in [0.5, 0.6) is 5.75 Å². The van der Waals surface area contributed by atoms with Crippen molar-refractivity contribution in [3.8, 4) is 5.75 Å². The molecule has 3 atom stereocenters. The Balaban J connectivity index is 1.09. The van der Waals surface area contributed by atoms with Crippen LogP contribution < -0.4 is 5.32 Å². The normalized spacial score (nSPS) is 22.3. The van der Waals surface area contributed by atoms with Crippen molar-refractivity contribution in [3.05, 3.63) is 56.5 Å². The third-order valence-corrected chi connectivity index (χ3v) is 11.7. The topological polar surface area (TPSA) is 135 Å². The van der Waals surface area contributed by atoms with Crippen LogP contribution >= 0.6 is 31.9 Å². The molecule has 4 aliphatic rings. The Morgan fingerprint density at radius 1 is 0.939 bits per heavy atom. The number of nitrogens with one attached hydrogen (secondary N) is 1. The molecule has 14 heteroatoms. The largest absolute Gasteiger partial charge is 0.506 e. The molecule has 3 fully saturated rings. The van der Waals surface area contributed by atoms with Gasteiger partial charge in [0.1, 0.15) is 5.75 Å². The van der Waals surface area contributed by atoms with Gasteiger partial charge in [0.2, 0.25) is 0 Å². The number of carbonyl (C=O) groups is 3. The molecule has 2 aromatic rings. The number of piperidine rings is 2.